The van der Waals surface area contributed by atoms with Gasteiger partial charge in [-0.05, 0) is 56.9 Å². The molecule has 1 aromatic carbocycles. The molecule has 8 nitrogen and oxygen atoms in total. The second-order valence-electron chi connectivity index (χ2n) is 8.05. The Balaban J connectivity index is 1.46. The van der Waals surface area contributed by atoms with Crippen molar-refractivity contribution < 1.29 is 22.7 Å². The fourth-order valence-electron chi connectivity index (χ4n) is 4.73. The summed E-state index contributed by atoms with van der Waals surface area (Å²) in [6, 6.07) is 6.94. The number of carbonyl (C=O) groups is 1. The summed E-state index contributed by atoms with van der Waals surface area (Å²) in [5, 5.41) is 3.86. The van der Waals surface area contributed by atoms with Gasteiger partial charge in [-0.3, -0.25) is 0 Å². The van der Waals surface area contributed by atoms with Gasteiger partial charge in [0.2, 0.25) is 0 Å². The molecular formula is C20H28ClN3O5S. The molecular weight excluding hydrogens is 430 g/mol. The summed E-state index contributed by atoms with van der Waals surface area (Å²) >= 11 is 5.91. The summed E-state index contributed by atoms with van der Waals surface area (Å²) < 4.78 is 41.3. The van der Waals surface area contributed by atoms with E-state index in [-0.39, 0.29) is 25.3 Å². The van der Waals surface area contributed by atoms with Gasteiger partial charge in [-0.1, -0.05) is 11.6 Å². The molecule has 2 bridgehead atoms. The second-order valence-corrected chi connectivity index (χ2v) is 10.3. The van der Waals surface area contributed by atoms with E-state index in [2.05, 4.69) is 5.32 Å². The van der Waals surface area contributed by atoms with Crippen molar-refractivity contribution in [3.63, 3.8) is 0 Å². The molecule has 1 aromatic rings. The topological polar surface area (TPSA) is 88.2 Å². The molecule has 2 atom stereocenters. The number of benzene rings is 1. The van der Waals surface area contributed by atoms with Crippen molar-refractivity contribution in [3.8, 4) is 5.75 Å². The van der Waals surface area contributed by atoms with E-state index in [1.165, 1.54) is 8.61 Å². The molecule has 3 saturated heterocycles. The van der Waals surface area contributed by atoms with E-state index in [0.29, 0.717) is 50.3 Å². The second kappa shape index (κ2) is 8.63. The summed E-state index contributed by atoms with van der Waals surface area (Å²) in [6.07, 6.45) is 2.26. The van der Waals surface area contributed by atoms with Crippen LogP contribution in [0.15, 0.2) is 24.3 Å². The molecule has 3 heterocycles. The summed E-state index contributed by atoms with van der Waals surface area (Å²) in [5.41, 5.74) is -1.14. The van der Waals surface area contributed by atoms with Gasteiger partial charge in [0, 0.05) is 37.2 Å². The highest BCUT2D eigenvalue weighted by Gasteiger charge is 2.61. The first-order valence-electron chi connectivity index (χ1n) is 10.5. The van der Waals surface area contributed by atoms with Gasteiger partial charge >= 0.3 is 5.97 Å². The number of carbonyl (C=O) groups excluding carboxylic acids is 1. The molecule has 4 rings (SSSR count). The third kappa shape index (κ3) is 3.93. The SMILES string of the molecule is CCOC(=O)C12CCC(CNC1)N2S(=O)(=O)N1CCC(Oc2ccc(Cl)cc2)CC1. The van der Waals surface area contributed by atoms with Crippen molar-refractivity contribution in [2.45, 2.75) is 50.3 Å². The Labute approximate surface area is 182 Å². The molecule has 0 aliphatic carbocycles. The average Bonchev–Trinajstić information content (AvgIpc) is 2.98. The van der Waals surface area contributed by atoms with Crippen molar-refractivity contribution in [3.05, 3.63) is 29.3 Å². The molecule has 30 heavy (non-hydrogen) atoms. The zero-order chi connectivity index (χ0) is 21.4. The number of nitrogens with zero attached hydrogens (tertiary/aromatic N) is 2. The third-order valence-corrected chi connectivity index (χ3v) is 8.60. The number of rotatable bonds is 6. The van der Waals surface area contributed by atoms with Gasteiger partial charge < -0.3 is 14.8 Å². The van der Waals surface area contributed by atoms with E-state index >= 15 is 0 Å². The van der Waals surface area contributed by atoms with Crippen LogP contribution in [-0.4, -0.2) is 73.5 Å². The predicted octanol–water partition coefficient (Wildman–Crippen LogP) is 1.80. The fourth-order valence-corrected chi connectivity index (χ4v) is 7.00. The predicted molar refractivity (Wildman–Crippen MR) is 113 cm³/mol. The maximum absolute atomic E-state index is 13.6. The molecule has 3 fully saturated rings. The number of piperidine rings is 1. The lowest BCUT2D eigenvalue weighted by Crippen LogP contribution is -2.68. The molecule has 0 spiro atoms. The van der Waals surface area contributed by atoms with Crippen molar-refractivity contribution in [2.24, 2.45) is 0 Å². The first-order chi connectivity index (χ1) is 14.4. The molecule has 3 aliphatic rings. The Hall–Kier alpha value is -1.39. The van der Waals surface area contributed by atoms with Gasteiger partial charge in [0.1, 0.15) is 17.4 Å². The van der Waals surface area contributed by atoms with E-state index in [1.807, 2.05) is 12.1 Å². The Kier molecular flexibility index (Phi) is 6.28. The van der Waals surface area contributed by atoms with Gasteiger partial charge in [0.25, 0.3) is 10.2 Å². The fraction of sp³-hybridized carbons (Fsp3) is 0.650. The van der Waals surface area contributed by atoms with Crippen molar-refractivity contribution >= 4 is 27.8 Å². The van der Waals surface area contributed by atoms with Crippen LogP contribution in [0.2, 0.25) is 5.02 Å². The maximum Gasteiger partial charge on any atom is 0.328 e. The van der Waals surface area contributed by atoms with E-state index < -0.39 is 21.7 Å². The van der Waals surface area contributed by atoms with Gasteiger partial charge in [-0.15, -0.1) is 0 Å². The van der Waals surface area contributed by atoms with Crippen LogP contribution in [0.25, 0.3) is 0 Å². The number of ether oxygens (including phenoxy) is 2. The third-order valence-electron chi connectivity index (χ3n) is 6.19. The zero-order valence-corrected chi connectivity index (χ0v) is 18.6. The monoisotopic (exact) mass is 457 g/mol. The largest absolute Gasteiger partial charge is 0.490 e. The Morgan fingerprint density at radius 1 is 1.23 bits per heavy atom. The molecule has 0 saturated carbocycles. The van der Waals surface area contributed by atoms with E-state index in [1.54, 1.807) is 19.1 Å². The van der Waals surface area contributed by atoms with E-state index in [9.17, 15) is 13.2 Å². The molecule has 3 aliphatic heterocycles. The number of hydrogen-bond donors (Lipinski definition) is 1. The number of hydrogen-bond acceptors (Lipinski definition) is 6. The first-order valence-corrected chi connectivity index (χ1v) is 12.2. The lowest BCUT2D eigenvalue weighted by Gasteiger charge is -2.44. The zero-order valence-electron chi connectivity index (χ0n) is 17.0. The summed E-state index contributed by atoms with van der Waals surface area (Å²) in [5.74, 6) is 0.270. The van der Waals surface area contributed by atoms with Crippen LogP contribution in [0.4, 0.5) is 0 Å². The maximum atomic E-state index is 13.6. The first kappa shape index (κ1) is 21.8. The van der Waals surface area contributed by atoms with Crippen LogP contribution >= 0.6 is 11.6 Å². The summed E-state index contributed by atoms with van der Waals surface area (Å²) in [7, 11) is -3.79. The number of nitrogens with one attached hydrogen (secondary N) is 1. The molecule has 2 unspecified atom stereocenters. The van der Waals surface area contributed by atoms with Gasteiger partial charge in [-0.25, -0.2) is 4.79 Å². The van der Waals surface area contributed by atoms with Crippen molar-refractivity contribution in [1.29, 1.82) is 0 Å². The molecule has 0 radical (unpaired) electrons. The van der Waals surface area contributed by atoms with Crippen LogP contribution in [0.5, 0.6) is 5.75 Å². The molecule has 0 amide bonds. The summed E-state index contributed by atoms with van der Waals surface area (Å²) in [4.78, 5) is 12.8. The van der Waals surface area contributed by atoms with E-state index in [4.69, 9.17) is 21.1 Å². The van der Waals surface area contributed by atoms with Crippen LogP contribution in [0, 0.1) is 0 Å². The molecule has 1 N–H and O–H groups in total. The van der Waals surface area contributed by atoms with Crippen LogP contribution in [-0.2, 0) is 19.7 Å². The molecule has 10 heteroatoms. The Morgan fingerprint density at radius 2 is 1.93 bits per heavy atom. The highest BCUT2D eigenvalue weighted by molar-refractivity contribution is 7.86. The normalized spacial score (nSPS) is 28.4. The quantitative estimate of drug-likeness (QED) is 0.655. The number of piperazine rings is 1. The van der Waals surface area contributed by atoms with Gasteiger partial charge in [-0.2, -0.15) is 17.0 Å². The number of halogens is 1. The average molecular weight is 458 g/mol. The minimum atomic E-state index is -3.79. The summed E-state index contributed by atoms with van der Waals surface area (Å²) in [6.45, 7) is 3.52. The molecule has 166 valence electrons. The number of esters is 1. The standard InChI is InChI=1S/C20H28ClN3O5S/c1-2-28-19(25)20-10-7-16(13-22-14-20)24(20)30(26,27)23-11-8-18(9-12-23)29-17-5-3-15(21)4-6-17/h3-6,16,18,22H,2,7-14H2,1H3. The lowest BCUT2D eigenvalue weighted by atomic mass is 9.98. The van der Waals surface area contributed by atoms with Crippen molar-refractivity contribution in [2.75, 3.05) is 32.8 Å². The van der Waals surface area contributed by atoms with Crippen LogP contribution < -0.4 is 10.1 Å². The highest BCUT2D eigenvalue weighted by Crippen LogP contribution is 2.41. The van der Waals surface area contributed by atoms with Crippen LogP contribution in [0.3, 0.4) is 0 Å². The van der Waals surface area contributed by atoms with Crippen LogP contribution in [0.1, 0.15) is 32.6 Å². The Bertz CT molecular complexity index is 869. The van der Waals surface area contributed by atoms with Gasteiger partial charge in [0.05, 0.1) is 6.61 Å². The van der Waals surface area contributed by atoms with E-state index in [0.717, 1.165) is 5.75 Å². The smallest absolute Gasteiger partial charge is 0.328 e. The minimum Gasteiger partial charge on any atom is -0.490 e. The highest BCUT2D eigenvalue weighted by atomic mass is 35.5. The Morgan fingerprint density at radius 3 is 2.60 bits per heavy atom. The van der Waals surface area contributed by atoms with Crippen molar-refractivity contribution in [1.82, 2.24) is 13.9 Å². The lowest BCUT2D eigenvalue weighted by molar-refractivity contribution is -0.154. The number of fused-ring (bicyclic) bond motifs is 2. The van der Waals surface area contributed by atoms with Gasteiger partial charge in [0.15, 0.2) is 0 Å². The molecule has 0 aromatic heterocycles. The minimum absolute atomic E-state index is 0.0589.